The summed E-state index contributed by atoms with van der Waals surface area (Å²) in [7, 11) is 0. The molecule has 0 amide bonds. The third kappa shape index (κ3) is 2.31. The second-order valence-electron chi connectivity index (χ2n) is 3.23. The van der Waals surface area contributed by atoms with Gasteiger partial charge in [0.2, 0.25) is 0 Å². The molecule has 1 aliphatic rings. The quantitative estimate of drug-likeness (QED) is 0.692. The Hall–Kier alpha value is -1.32. The molecule has 4 heteroatoms. The van der Waals surface area contributed by atoms with Gasteiger partial charge < -0.3 is 4.98 Å². The summed E-state index contributed by atoms with van der Waals surface area (Å²) in [5.41, 5.74) is 0. The molecule has 1 aliphatic heterocycles. The normalized spacial score (nSPS) is 18.3. The van der Waals surface area contributed by atoms with Crippen LogP contribution in [0.2, 0.25) is 0 Å². The van der Waals surface area contributed by atoms with Gasteiger partial charge in [-0.05, 0) is 19.3 Å². The number of piperidine rings is 1. The molecule has 1 aromatic rings. The van der Waals surface area contributed by atoms with Crippen LogP contribution < -0.4 is 0 Å². The molecule has 1 aromatic heterocycles. The van der Waals surface area contributed by atoms with Gasteiger partial charge in [-0.2, -0.15) is 5.10 Å². The van der Waals surface area contributed by atoms with E-state index in [0.29, 0.717) is 0 Å². The highest BCUT2D eigenvalue weighted by atomic mass is 15.4. The third-order valence-electron chi connectivity index (χ3n) is 2.20. The lowest BCUT2D eigenvalue weighted by Crippen LogP contribution is -2.24. The molecule has 0 atom stereocenters. The first-order chi connectivity index (χ1) is 6.45. The molecule has 70 valence electrons. The molecular weight excluding hydrogens is 164 g/mol. The first kappa shape index (κ1) is 8.29. The van der Waals surface area contributed by atoms with E-state index in [9.17, 15) is 0 Å². The van der Waals surface area contributed by atoms with Gasteiger partial charge >= 0.3 is 0 Å². The molecule has 0 unspecified atom stereocenters. The Morgan fingerprint density at radius 3 is 2.92 bits per heavy atom. The van der Waals surface area contributed by atoms with E-state index in [1.807, 2.05) is 0 Å². The van der Waals surface area contributed by atoms with E-state index in [1.165, 1.54) is 19.3 Å². The highest BCUT2D eigenvalue weighted by molar-refractivity contribution is 5.73. The Morgan fingerprint density at radius 1 is 1.38 bits per heavy atom. The minimum absolute atomic E-state index is 0.825. The van der Waals surface area contributed by atoms with Crippen LogP contribution in [0.3, 0.4) is 0 Å². The van der Waals surface area contributed by atoms with Crippen molar-refractivity contribution in [3.05, 3.63) is 18.2 Å². The van der Waals surface area contributed by atoms with Crippen molar-refractivity contribution in [2.75, 3.05) is 13.1 Å². The van der Waals surface area contributed by atoms with Crippen LogP contribution >= 0.6 is 0 Å². The van der Waals surface area contributed by atoms with E-state index < -0.39 is 0 Å². The molecule has 13 heavy (non-hydrogen) atoms. The highest BCUT2D eigenvalue weighted by Crippen LogP contribution is 2.08. The predicted octanol–water partition coefficient (Wildman–Crippen LogP) is 1.23. The minimum atomic E-state index is 0.825. The van der Waals surface area contributed by atoms with Crippen molar-refractivity contribution in [2.24, 2.45) is 5.10 Å². The molecule has 0 aromatic carbocycles. The minimum Gasteiger partial charge on any atom is -0.344 e. The monoisotopic (exact) mass is 178 g/mol. The summed E-state index contributed by atoms with van der Waals surface area (Å²) in [4.78, 5) is 7.06. The van der Waals surface area contributed by atoms with Gasteiger partial charge in [-0.1, -0.05) is 0 Å². The summed E-state index contributed by atoms with van der Waals surface area (Å²) in [6.07, 6.45) is 9.18. The molecule has 2 heterocycles. The van der Waals surface area contributed by atoms with Crippen molar-refractivity contribution in [2.45, 2.75) is 19.3 Å². The van der Waals surface area contributed by atoms with E-state index in [0.717, 1.165) is 18.9 Å². The standard InChI is InChI=1S/C9H14N4/c1-2-6-13(7-3-1)12-8-9-10-4-5-11-9/h4-5,8H,1-3,6-7H2,(H,10,11)/b12-8+. The van der Waals surface area contributed by atoms with E-state index in [1.54, 1.807) is 18.6 Å². The first-order valence-electron chi connectivity index (χ1n) is 4.73. The number of hydrazone groups is 1. The number of hydrogen-bond acceptors (Lipinski definition) is 3. The first-order valence-corrected chi connectivity index (χ1v) is 4.73. The molecule has 1 saturated heterocycles. The lowest BCUT2D eigenvalue weighted by Gasteiger charge is -2.22. The van der Waals surface area contributed by atoms with Crippen molar-refractivity contribution in [1.82, 2.24) is 15.0 Å². The number of nitrogens with one attached hydrogen (secondary N) is 1. The number of aromatic amines is 1. The number of nitrogens with zero attached hydrogens (tertiary/aromatic N) is 3. The van der Waals surface area contributed by atoms with Crippen LogP contribution in [-0.4, -0.2) is 34.3 Å². The largest absolute Gasteiger partial charge is 0.344 e. The Morgan fingerprint density at radius 2 is 2.23 bits per heavy atom. The van der Waals surface area contributed by atoms with Crippen LogP contribution in [0.1, 0.15) is 25.1 Å². The van der Waals surface area contributed by atoms with Crippen molar-refractivity contribution < 1.29 is 0 Å². The van der Waals surface area contributed by atoms with Crippen LogP contribution in [0.25, 0.3) is 0 Å². The van der Waals surface area contributed by atoms with Gasteiger partial charge in [0.05, 0.1) is 6.21 Å². The molecule has 1 N–H and O–H groups in total. The molecule has 0 radical (unpaired) electrons. The van der Waals surface area contributed by atoms with Gasteiger partial charge in [0.25, 0.3) is 0 Å². The average molecular weight is 178 g/mol. The van der Waals surface area contributed by atoms with E-state index in [-0.39, 0.29) is 0 Å². The second kappa shape index (κ2) is 4.07. The van der Waals surface area contributed by atoms with Gasteiger partial charge in [0.15, 0.2) is 0 Å². The topological polar surface area (TPSA) is 44.3 Å². The summed E-state index contributed by atoms with van der Waals surface area (Å²) in [5.74, 6) is 0.825. The van der Waals surface area contributed by atoms with Gasteiger partial charge in [0.1, 0.15) is 5.82 Å². The van der Waals surface area contributed by atoms with Crippen molar-refractivity contribution in [1.29, 1.82) is 0 Å². The summed E-state index contributed by atoms with van der Waals surface area (Å²) < 4.78 is 0. The fourth-order valence-electron chi connectivity index (χ4n) is 1.48. The second-order valence-corrected chi connectivity index (χ2v) is 3.23. The number of hydrogen-bond donors (Lipinski definition) is 1. The predicted molar refractivity (Wildman–Crippen MR) is 51.6 cm³/mol. The van der Waals surface area contributed by atoms with Crippen LogP contribution in [0.5, 0.6) is 0 Å². The third-order valence-corrected chi connectivity index (χ3v) is 2.20. The summed E-state index contributed by atoms with van der Waals surface area (Å²) >= 11 is 0. The summed E-state index contributed by atoms with van der Waals surface area (Å²) in [6, 6.07) is 0. The maximum Gasteiger partial charge on any atom is 0.150 e. The zero-order valence-corrected chi connectivity index (χ0v) is 7.61. The zero-order valence-electron chi connectivity index (χ0n) is 7.61. The van der Waals surface area contributed by atoms with Gasteiger partial charge in [-0.15, -0.1) is 0 Å². The lowest BCUT2D eigenvalue weighted by molar-refractivity contribution is 0.240. The Labute approximate surface area is 77.7 Å². The molecule has 1 fully saturated rings. The molecule has 4 nitrogen and oxygen atoms in total. The number of rotatable bonds is 2. The fraction of sp³-hybridized carbons (Fsp3) is 0.556. The van der Waals surface area contributed by atoms with E-state index >= 15 is 0 Å². The van der Waals surface area contributed by atoms with Crippen LogP contribution in [0.15, 0.2) is 17.5 Å². The van der Waals surface area contributed by atoms with Crippen molar-refractivity contribution >= 4 is 6.21 Å². The average Bonchev–Trinajstić information content (AvgIpc) is 2.69. The molecular formula is C9H14N4. The smallest absolute Gasteiger partial charge is 0.150 e. The van der Waals surface area contributed by atoms with Crippen molar-refractivity contribution in [3.8, 4) is 0 Å². The Kier molecular flexibility index (Phi) is 2.59. The van der Waals surface area contributed by atoms with Gasteiger partial charge in [-0.3, -0.25) is 5.01 Å². The van der Waals surface area contributed by atoms with Crippen LogP contribution in [0, 0.1) is 0 Å². The summed E-state index contributed by atoms with van der Waals surface area (Å²) in [5, 5.41) is 6.44. The SMILES string of the molecule is C(=N\N1CCCCC1)/c1ncc[nH]1. The van der Waals surface area contributed by atoms with Gasteiger partial charge in [-0.25, -0.2) is 4.98 Å². The van der Waals surface area contributed by atoms with Gasteiger partial charge in [0, 0.05) is 25.5 Å². The molecule has 2 rings (SSSR count). The maximum absolute atomic E-state index is 4.34. The summed E-state index contributed by atoms with van der Waals surface area (Å²) in [6.45, 7) is 2.16. The maximum atomic E-state index is 4.34. The Balaban J connectivity index is 1.89. The zero-order chi connectivity index (χ0) is 8.93. The van der Waals surface area contributed by atoms with Crippen molar-refractivity contribution in [3.63, 3.8) is 0 Å². The fourth-order valence-corrected chi connectivity index (χ4v) is 1.48. The van der Waals surface area contributed by atoms with E-state index in [4.69, 9.17) is 0 Å². The lowest BCUT2D eigenvalue weighted by atomic mass is 10.2. The molecule has 0 saturated carbocycles. The van der Waals surface area contributed by atoms with Crippen LogP contribution in [0.4, 0.5) is 0 Å². The molecule has 0 spiro atoms. The molecule has 0 aliphatic carbocycles. The highest BCUT2D eigenvalue weighted by Gasteiger charge is 2.05. The number of imidazole rings is 1. The van der Waals surface area contributed by atoms with E-state index in [2.05, 4.69) is 20.1 Å². The number of H-pyrrole nitrogens is 1. The molecule has 0 bridgehead atoms. The van der Waals surface area contributed by atoms with Crippen LogP contribution in [-0.2, 0) is 0 Å². The Bertz CT molecular complexity index is 259. The number of aromatic nitrogens is 2.